The number of carbonyl (C=O) groups excluding carboxylic acids is 1. The summed E-state index contributed by atoms with van der Waals surface area (Å²) in [7, 11) is 1.71. The van der Waals surface area contributed by atoms with Crippen LogP contribution in [0, 0.1) is 5.82 Å². The first-order valence-electron chi connectivity index (χ1n) is 10.9. The maximum atomic E-state index is 13.7. The van der Waals surface area contributed by atoms with Gasteiger partial charge in [-0.25, -0.2) is 14.4 Å². The second kappa shape index (κ2) is 9.29. The van der Waals surface area contributed by atoms with Gasteiger partial charge in [0.05, 0.1) is 16.8 Å². The van der Waals surface area contributed by atoms with Crippen LogP contribution in [0.2, 0.25) is 5.02 Å². The summed E-state index contributed by atoms with van der Waals surface area (Å²) in [4.78, 5) is 26.1. The maximum absolute atomic E-state index is 13.7. The van der Waals surface area contributed by atoms with Crippen molar-refractivity contribution in [1.82, 2.24) is 14.9 Å². The van der Waals surface area contributed by atoms with Crippen molar-refractivity contribution in [1.29, 1.82) is 0 Å². The van der Waals surface area contributed by atoms with E-state index in [1.807, 2.05) is 0 Å². The second-order valence-corrected chi connectivity index (χ2v) is 9.15. The highest BCUT2D eigenvalue weighted by Crippen LogP contribution is 2.44. The van der Waals surface area contributed by atoms with Gasteiger partial charge in [0.15, 0.2) is 0 Å². The van der Waals surface area contributed by atoms with Crippen LogP contribution in [0.3, 0.4) is 0 Å². The number of piperazine rings is 1. The molecule has 4 atom stereocenters. The van der Waals surface area contributed by atoms with Crippen LogP contribution in [0.1, 0.15) is 49.1 Å². The molecule has 2 heterocycles. The molecule has 1 fully saturated rings. The molecule has 32 heavy (non-hydrogen) atoms. The predicted octanol–water partition coefficient (Wildman–Crippen LogP) is 3.07. The van der Waals surface area contributed by atoms with Gasteiger partial charge in [0.1, 0.15) is 24.1 Å². The Morgan fingerprint density at radius 2 is 2.12 bits per heavy atom. The zero-order valence-corrected chi connectivity index (χ0v) is 19.3. The van der Waals surface area contributed by atoms with Gasteiger partial charge in [-0.2, -0.15) is 0 Å². The van der Waals surface area contributed by atoms with Gasteiger partial charge >= 0.3 is 0 Å². The molecule has 2 aliphatic rings. The highest BCUT2D eigenvalue weighted by atomic mass is 35.5. The number of nitrogens with zero attached hydrogens (tertiary/aromatic N) is 4. The van der Waals surface area contributed by atoms with Gasteiger partial charge in [-0.3, -0.25) is 4.79 Å². The molecule has 1 aliphatic carbocycles. The standard InChI is InChI=1S/C23H29ClFN5O2/c1-13-8-19(32-3)21-20(13)22(28-12-27-21)30-7-6-29(11-14(30)2)23(31)18(26)10-15-4-5-16(24)17(25)9-15/h4-5,9,12-14,18-19H,6-8,10-11,26H2,1-3H3/t13-,14?,18?,19-/m1/s1. The number of fused-ring (bicyclic) bond motifs is 1. The molecule has 1 aromatic carbocycles. The molecular weight excluding hydrogens is 433 g/mol. The van der Waals surface area contributed by atoms with Crippen LogP contribution < -0.4 is 10.6 Å². The number of anilines is 1. The minimum atomic E-state index is -0.736. The molecule has 2 N–H and O–H groups in total. The van der Waals surface area contributed by atoms with Crippen molar-refractivity contribution in [3.63, 3.8) is 0 Å². The molecule has 9 heteroatoms. The third-order valence-corrected chi connectivity index (χ3v) is 6.82. The summed E-state index contributed by atoms with van der Waals surface area (Å²) in [6, 6.07) is 3.85. The molecule has 2 unspecified atom stereocenters. The fourth-order valence-electron chi connectivity index (χ4n) is 4.83. The van der Waals surface area contributed by atoms with Gasteiger partial charge in [0.2, 0.25) is 5.91 Å². The van der Waals surface area contributed by atoms with E-state index in [1.165, 1.54) is 12.1 Å². The van der Waals surface area contributed by atoms with Crippen molar-refractivity contribution < 1.29 is 13.9 Å². The van der Waals surface area contributed by atoms with Gasteiger partial charge in [-0.1, -0.05) is 24.6 Å². The Balaban J connectivity index is 1.44. The zero-order valence-electron chi connectivity index (χ0n) is 18.6. The number of hydrogen-bond acceptors (Lipinski definition) is 6. The molecule has 1 saturated heterocycles. The van der Waals surface area contributed by atoms with E-state index in [2.05, 4.69) is 28.7 Å². The van der Waals surface area contributed by atoms with E-state index in [0.717, 1.165) is 23.5 Å². The lowest BCUT2D eigenvalue weighted by molar-refractivity contribution is -0.133. The predicted molar refractivity (Wildman–Crippen MR) is 121 cm³/mol. The van der Waals surface area contributed by atoms with E-state index in [0.29, 0.717) is 31.1 Å². The van der Waals surface area contributed by atoms with Gasteiger partial charge in [-0.15, -0.1) is 0 Å². The Hall–Kier alpha value is -2.29. The molecule has 172 valence electrons. The van der Waals surface area contributed by atoms with Gasteiger partial charge in [0.25, 0.3) is 0 Å². The minimum absolute atomic E-state index is 0.00405. The van der Waals surface area contributed by atoms with E-state index in [1.54, 1.807) is 24.4 Å². The Morgan fingerprint density at radius 3 is 2.81 bits per heavy atom. The lowest BCUT2D eigenvalue weighted by Gasteiger charge is -2.42. The fraction of sp³-hybridized carbons (Fsp3) is 0.522. The highest BCUT2D eigenvalue weighted by molar-refractivity contribution is 6.30. The summed E-state index contributed by atoms with van der Waals surface area (Å²) in [6.45, 7) is 6.01. The van der Waals surface area contributed by atoms with Gasteiger partial charge in [-0.05, 0) is 43.4 Å². The Kier molecular flexibility index (Phi) is 6.65. The number of hydrogen-bond donors (Lipinski definition) is 1. The molecular formula is C23H29ClFN5O2. The van der Waals surface area contributed by atoms with Crippen LogP contribution in [-0.2, 0) is 16.0 Å². The van der Waals surface area contributed by atoms with E-state index < -0.39 is 11.9 Å². The van der Waals surface area contributed by atoms with Crippen LogP contribution in [0.5, 0.6) is 0 Å². The quantitative estimate of drug-likeness (QED) is 0.736. The van der Waals surface area contributed by atoms with Crippen LogP contribution in [0.25, 0.3) is 0 Å². The number of benzene rings is 1. The van der Waals surface area contributed by atoms with Crippen LogP contribution in [0.4, 0.5) is 10.2 Å². The second-order valence-electron chi connectivity index (χ2n) is 8.74. The normalized spacial score (nSPS) is 23.9. The van der Waals surface area contributed by atoms with Crippen LogP contribution in [-0.4, -0.2) is 59.6 Å². The molecule has 1 aliphatic heterocycles. The van der Waals surface area contributed by atoms with Crippen LogP contribution >= 0.6 is 11.6 Å². The van der Waals surface area contributed by atoms with E-state index >= 15 is 0 Å². The van der Waals surface area contributed by atoms with Crippen molar-refractivity contribution in [2.45, 2.75) is 50.8 Å². The Labute approximate surface area is 192 Å². The monoisotopic (exact) mass is 461 g/mol. The van der Waals surface area contributed by atoms with Crippen molar-refractivity contribution in [2.75, 3.05) is 31.6 Å². The van der Waals surface area contributed by atoms with Gasteiger partial charge in [0, 0.05) is 38.3 Å². The Morgan fingerprint density at radius 1 is 1.34 bits per heavy atom. The number of halogens is 2. The minimum Gasteiger partial charge on any atom is -0.375 e. The lowest BCUT2D eigenvalue weighted by Crippen LogP contribution is -2.57. The highest BCUT2D eigenvalue weighted by Gasteiger charge is 2.37. The first-order chi connectivity index (χ1) is 15.3. The van der Waals surface area contributed by atoms with Crippen molar-refractivity contribution in [3.8, 4) is 0 Å². The molecule has 0 bridgehead atoms. The number of aromatic nitrogens is 2. The third kappa shape index (κ3) is 4.31. The molecule has 2 aromatic rings. The van der Waals surface area contributed by atoms with Crippen LogP contribution in [0.15, 0.2) is 24.5 Å². The summed E-state index contributed by atoms with van der Waals surface area (Å²) < 4.78 is 19.3. The zero-order chi connectivity index (χ0) is 23.0. The molecule has 7 nitrogen and oxygen atoms in total. The molecule has 0 radical (unpaired) electrons. The molecule has 1 aromatic heterocycles. The van der Waals surface area contributed by atoms with E-state index in [4.69, 9.17) is 22.1 Å². The molecule has 0 spiro atoms. The average Bonchev–Trinajstić information content (AvgIpc) is 3.11. The van der Waals surface area contributed by atoms with Crippen molar-refractivity contribution >= 4 is 23.3 Å². The van der Waals surface area contributed by atoms with Gasteiger partial charge < -0.3 is 20.3 Å². The lowest BCUT2D eigenvalue weighted by atomic mass is 10.0. The summed E-state index contributed by atoms with van der Waals surface area (Å²) in [5.41, 5.74) is 8.95. The number of nitrogens with two attached hydrogens (primary N) is 1. The summed E-state index contributed by atoms with van der Waals surface area (Å²) in [5, 5.41) is 0.0564. The molecule has 4 rings (SSSR count). The number of methoxy groups -OCH3 is 1. The Bertz CT molecular complexity index is 1010. The fourth-order valence-corrected chi connectivity index (χ4v) is 4.95. The summed E-state index contributed by atoms with van der Waals surface area (Å²) >= 11 is 5.74. The SMILES string of the molecule is CO[C@@H]1C[C@@H](C)c2c1ncnc2N1CCN(C(=O)C(N)Cc2ccc(Cl)c(F)c2)CC1C. The topological polar surface area (TPSA) is 84.6 Å². The first kappa shape index (κ1) is 22.9. The van der Waals surface area contributed by atoms with Crippen molar-refractivity contribution in [2.24, 2.45) is 5.73 Å². The summed E-state index contributed by atoms with van der Waals surface area (Å²) in [5.74, 6) is 0.606. The number of carbonyl (C=O) groups is 1. The number of ether oxygens (including phenoxy) is 1. The molecule has 0 saturated carbocycles. The van der Waals surface area contributed by atoms with Crippen molar-refractivity contribution in [3.05, 3.63) is 52.2 Å². The smallest absolute Gasteiger partial charge is 0.239 e. The maximum Gasteiger partial charge on any atom is 0.239 e. The third-order valence-electron chi connectivity index (χ3n) is 6.51. The summed E-state index contributed by atoms with van der Waals surface area (Å²) in [6.07, 6.45) is 2.75. The average molecular weight is 462 g/mol. The first-order valence-corrected chi connectivity index (χ1v) is 11.3. The number of amides is 1. The largest absolute Gasteiger partial charge is 0.375 e. The van der Waals surface area contributed by atoms with E-state index in [9.17, 15) is 9.18 Å². The molecule has 1 amide bonds. The number of rotatable bonds is 5. The van der Waals surface area contributed by atoms with E-state index in [-0.39, 0.29) is 29.5 Å².